The number of nitrogens with zero attached hydrogens (tertiary/aromatic N) is 1. The highest BCUT2D eigenvalue weighted by Gasteiger charge is 2.18. The van der Waals surface area contributed by atoms with Gasteiger partial charge in [-0.3, -0.25) is 9.59 Å². The quantitative estimate of drug-likeness (QED) is 0.878. The summed E-state index contributed by atoms with van der Waals surface area (Å²) in [5.74, 6) is 1.11. The topological polar surface area (TPSA) is 49.4 Å². The van der Waals surface area contributed by atoms with E-state index < -0.39 is 0 Å². The molecular weight excluding hydrogens is 320 g/mol. The number of fused-ring (bicyclic) bond motifs is 1. The van der Waals surface area contributed by atoms with Crippen LogP contribution in [0.3, 0.4) is 0 Å². The molecule has 4 nitrogen and oxygen atoms in total. The fourth-order valence-electron chi connectivity index (χ4n) is 2.98. The standard InChI is InChI=1S/C19H22N2O2S/c22-18(20-12-19(23)21-10-3-4-11-21)14-24-13-16-8-5-7-15-6-1-2-9-17(15)16/h1-2,5-9H,3-4,10-14H2,(H,20,22). The normalized spacial score (nSPS) is 14.1. The Morgan fingerprint density at radius 3 is 2.62 bits per heavy atom. The lowest BCUT2D eigenvalue weighted by Crippen LogP contribution is -2.39. The van der Waals surface area contributed by atoms with E-state index in [1.807, 2.05) is 23.1 Å². The zero-order chi connectivity index (χ0) is 16.8. The zero-order valence-corrected chi connectivity index (χ0v) is 14.5. The van der Waals surface area contributed by atoms with Crippen molar-refractivity contribution in [2.75, 3.05) is 25.4 Å². The Hall–Kier alpha value is -2.01. The lowest BCUT2D eigenvalue weighted by atomic mass is 10.1. The van der Waals surface area contributed by atoms with Gasteiger partial charge < -0.3 is 10.2 Å². The summed E-state index contributed by atoms with van der Waals surface area (Å²) in [4.78, 5) is 25.6. The van der Waals surface area contributed by atoms with Crippen LogP contribution in [0.5, 0.6) is 0 Å². The minimum absolute atomic E-state index is 0.0277. The monoisotopic (exact) mass is 342 g/mol. The van der Waals surface area contributed by atoms with Crippen molar-refractivity contribution in [1.29, 1.82) is 0 Å². The number of benzene rings is 2. The number of thioether (sulfide) groups is 1. The minimum atomic E-state index is -0.0761. The maximum Gasteiger partial charge on any atom is 0.241 e. The Balaban J connectivity index is 1.44. The molecular formula is C19H22N2O2S. The lowest BCUT2D eigenvalue weighted by Gasteiger charge is -2.15. The second-order valence-electron chi connectivity index (χ2n) is 6.00. The molecule has 0 spiro atoms. The first-order chi connectivity index (χ1) is 11.7. The second kappa shape index (κ2) is 8.20. The van der Waals surface area contributed by atoms with Gasteiger partial charge in [-0.15, -0.1) is 11.8 Å². The summed E-state index contributed by atoms with van der Waals surface area (Å²) < 4.78 is 0. The minimum Gasteiger partial charge on any atom is -0.346 e. The first-order valence-electron chi connectivity index (χ1n) is 8.33. The van der Waals surface area contributed by atoms with Crippen LogP contribution in [-0.4, -0.2) is 42.1 Å². The van der Waals surface area contributed by atoms with E-state index in [0.717, 1.165) is 31.7 Å². The maximum absolute atomic E-state index is 11.9. The Morgan fingerprint density at radius 2 is 1.79 bits per heavy atom. The van der Waals surface area contributed by atoms with Crippen LogP contribution in [-0.2, 0) is 15.3 Å². The molecule has 1 fully saturated rings. The molecule has 1 N–H and O–H groups in total. The first-order valence-corrected chi connectivity index (χ1v) is 9.48. The fourth-order valence-corrected chi connectivity index (χ4v) is 3.84. The summed E-state index contributed by atoms with van der Waals surface area (Å²) in [5.41, 5.74) is 1.24. The molecule has 2 aromatic carbocycles. The molecule has 2 aromatic rings. The van der Waals surface area contributed by atoms with Crippen molar-refractivity contribution < 1.29 is 9.59 Å². The first kappa shape index (κ1) is 16.8. The smallest absolute Gasteiger partial charge is 0.241 e. The number of carbonyl (C=O) groups excluding carboxylic acids is 2. The van der Waals surface area contributed by atoms with Gasteiger partial charge in [0.2, 0.25) is 11.8 Å². The van der Waals surface area contributed by atoms with Crippen molar-refractivity contribution in [1.82, 2.24) is 10.2 Å². The summed E-state index contributed by atoms with van der Waals surface area (Å²) in [6.45, 7) is 1.77. The maximum atomic E-state index is 11.9. The van der Waals surface area contributed by atoms with Crippen LogP contribution in [0.1, 0.15) is 18.4 Å². The van der Waals surface area contributed by atoms with Gasteiger partial charge in [0, 0.05) is 18.8 Å². The molecule has 126 valence electrons. The molecule has 1 heterocycles. The van der Waals surface area contributed by atoms with Gasteiger partial charge in [0.05, 0.1) is 12.3 Å². The van der Waals surface area contributed by atoms with Gasteiger partial charge in [-0.1, -0.05) is 42.5 Å². The molecule has 24 heavy (non-hydrogen) atoms. The van der Waals surface area contributed by atoms with Crippen LogP contribution in [0.25, 0.3) is 10.8 Å². The third kappa shape index (κ3) is 4.29. The third-order valence-electron chi connectivity index (χ3n) is 4.27. The van der Waals surface area contributed by atoms with Gasteiger partial charge >= 0.3 is 0 Å². The molecule has 0 radical (unpaired) electrons. The Morgan fingerprint density at radius 1 is 1.04 bits per heavy atom. The average Bonchev–Trinajstić information content (AvgIpc) is 3.14. The number of likely N-dealkylation sites (tertiary alicyclic amines) is 1. The van der Waals surface area contributed by atoms with Gasteiger partial charge in [0.25, 0.3) is 0 Å². The van der Waals surface area contributed by atoms with E-state index in [1.54, 1.807) is 11.8 Å². The molecule has 3 rings (SSSR count). The van der Waals surface area contributed by atoms with Gasteiger partial charge in [-0.2, -0.15) is 0 Å². The van der Waals surface area contributed by atoms with Crippen LogP contribution < -0.4 is 5.32 Å². The number of nitrogens with one attached hydrogen (secondary N) is 1. The summed E-state index contributed by atoms with van der Waals surface area (Å²) in [7, 11) is 0. The Kier molecular flexibility index (Phi) is 5.75. The molecule has 0 saturated carbocycles. The highest BCUT2D eigenvalue weighted by molar-refractivity contribution is 7.99. The van der Waals surface area contributed by atoms with Crippen molar-refractivity contribution in [2.24, 2.45) is 0 Å². The van der Waals surface area contributed by atoms with Crippen LogP contribution in [0, 0.1) is 0 Å². The van der Waals surface area contributed by atoms with Gasteiger partial charge in [-0.25, -0.2) is 0 Å². The number of hydrogen-bond acceptors (Lipinski definition) is 3. The summed E-state index contributed by atoms with van der Waals surface area (Å²) in [6, 6.07) is 14.5. The molecule has 0 unspecified atom stereocenters. The van der Waals surface area contributed by atoms with Crippen molar-refractivity contribution in [3.8, 4) is 0 Å². The Labute approximate surface area is 146 Å². The summed E-state index contributed by atoms with van der Waals surface area (Å²) in [6.07, 6.45) is 2.14. The Bertz CT molecular complexity index is 721. The molecule has 1 saturated heterocycles. The number of hydrogen-bond donors (Lipinski definition) is 1. The molecule has 1 aliphatic rings. The van der Waals surface area contributed by atoms with Crippen molar-refractivity contribution in [3.05, 3.63) is 48.0 Å². The average molecular weight is 342 g/mol. The van der Waals surface area contributed by atoms with E-state index in [2.05, 4.69) is 29.6 Å². The predicted octanol–water partition coefficient (Wildman–Crippen LogP) is 2.81. The molecule has 0 atom stereocenters. The van der Waals surface area contributed by atoms with Gasteiger partial charge in [0.15, 0.2) is 0 Å². The zero-order valence-electron chi connectivity index (χ0n) is 13.7. The number of carbonyl (C=O) groups is 2. The second-order valence-corrected chi connectivity index (χ2v) is 6.98. The molecule has 1 aliphatic heterocycles. The summed E-state index contributed by atoms with van der Waals surface area (Å²) in [5, 5.41) is 5.18. The van der Waals surface area contributed by atoms with E-state index in [1.165, 1.54) is 16.3 Å². The van der Waals surface area contributed by atoms with E-state index in [4.69, 9.17) is 0 Å². The molecule has 0 aliphatic carbocycles. The van der Waals surface area contributed by atoms with Crippen molar-refractivity contribution in [2.45, 2.75) is 18.6 Å². The molecule has 2 amide bonds. The predicted molar refractivity (Wildman–Crippen MR) is 98.9 cm³/mol. The molecule has 0 aromatic heterocycles. The SMILES string of the molecule is O=C(CSCc1cccc2ccccc12)NCC(=O)N1CCCC1. The van der Waals surface area contributed by atoms with Gasteiger partial charge in [-0.05, 0) is 29.2 Å². The van der Waals surface area contributed by atoms with E-state index in [-0.39, 0.29) is 18.4 Å². The molecule has 5 heteroatoms. The highest BCUT2D eigenvalue weighted by Crippen LogP contribution is 2.22. The van der Waals surface area contributed by atoms with Crippen molar-refractivity contribution >= 4 is 34.3 Å². The largest absolute Gasteiger partial charge is 0.346 e. The number of amides is 2. The molecule has 0 bridgehead atoms. The van der Waals surface area contributed by atoms with Crippen LogP contribution in [0.2, 0.25) is 0 Å². The van der Waals surface area contributed by atoms with Crippen LogP contribution >= 0.6 is 11.8 Å². The van der Waals surface area contributed by atoms with E-state index in [0.29, 0.717) is 5.75 Å². The van der Waals surface area contributed by atoms with E-state index in [9.17, 15) is 9.59 Å². The van der Waals surface area contributed by atoms with Gasteiger partial charge in [0.1, 0.15) is 0 Å². The third-order valence-corrected chi connectivity index (χ3v) is 5.25. The summed E-state index contributed by atoms with van der Waals surface area (Å²) >= 11 is 1.58. The lowest BCUT2D eigenvalue weighted by molar-refractivity contribution is -0.131. The fraction of sp³-hybridized carbons (Fsp3) is 0.368. The van der Waals surface area contributed by atoms with E-state index >= 15 is 0 Å². The number of rotatable bonds is 6. The highest BCUT2D eigenvalue weighted by atomic mass is 32.2. The van der Waals surface area contributed by atoms with Crippen molar-refractivity contribution in [3.63, 3.8) is 0 Å². The van der Waals surface area contributed by atoms with Crippen LogP contribution in [0.15, 0.2) is 42.5 Å². The van der Waals surface area contributed by atoms with Crippen LogP contribution in [0.4, 0.5) is 0 Å².